The number of carbonyl (C=O) groups excluding carboxylic acids is 2. The first-order chi connectivity index (χ1) is 12.9. The molecule has 5 nitrogen and oxygen atoms in total. The van der Waals surface area contributed by atoms with Crippen molar-refractivity contribution in [3.05, 3.63) is 59.1 Å². The smallest absolute Gasteiger partial charge is 0.277 e. The molecular formula is C21H20ClNO4. The van der Waals surface area contributed by atoms with Crippen molar-refractivity contribution in [2.24, 2.45) is 0 Å². The Morgan fingerprint density at radius 3 is 2.33 bits per heavy atom. The average Bonchev–Trinajstić information content (AvgIpc) is 2.85. The van der Waals surface area contributed by atoms with Crippen LogP contribution in [0, 0.1) is 0 Å². The number of rotatable bonds is 6. The van der Waals surface area contributed by atoms with Crippen LogP contribution in [0.5, 0.6) is 11.5 Å². The van der Waals surface area contributed by atoms with E-state index in [1.165, 1.54) is 0 Å². The van der Waals surface area contributed by atoms with Gasteiger partial charge in [0.1, 0.15) is 16.5 Å². The molecule has 0 saturated heterocycles. The molecule has 0 N–H and O–H groups in total. The Hall–Kier alpha value is -2.79. The monoisotopic (exact) mass is 385 g/mol. The number of hydrogen-bond donors (Lipinski definition) is 0. The van der Waals surface area contributed by atoms with E-state index in [0.717, 1.165) is 4.90 Å². The van der Waals surface area contributed by atoms with Gasteiger partial charge in [0, 0.05) is 6.07 Å². The van der Waals surface area contributed by atoms with Crippen LogP contribution in [0.4, 0.5) is 5.69 Å². The predicted molar refractivity (Wildman–Crippen MR) is 105 cm³/mol. The van der Waals surface area contributed by atoms with E-state index in [0.29, 0.717) is 29.4 Å². The summed E-state index contributed by atoms with van der Waals surface area (Å²) in [7, 11) is 0. The number of benzene rings is 2. The highest BCUT2D eigenvalue weighted by Crippen LogP contribution is 2.36. The second-order valence-corrected chi connectivity index (χ2v) is 6.63. The minimum absolute atomic E-state index is 0.0430. The predicted octanol–water partition coefficient (Wildman–Crippen LogP) is 4.40. The van der Waals surface area contributed by atoms with Gasteiger partial charge in [-0.3, -0.25) is 9.59 Å². The van der Waals surface area contributed by atoms with Gasteiger partial charge in [-0.1, -0.05) is 29.8 Å². The number of imide groups is 1. The Labute approximate surface area is 163 Å². The molecule has 0 atom stereocenters. The van der Waals surface area contributed by atoms with Crippen LogP contribution in [0.1, 0.15) is 26.3 Å². The van der Waals surface area contributed by atoms with Gasteiger partial charge in [-0.05, 0) is 50.6 Å². The van der Waals surface area contributed by atoms with Crippen molar-refractivity contribution >= 4 is 34.7 Å². The zero-order valence-corrected chi connectivity index (χ0v) is 16.1. The summed E-state index contributed by atoms with van der Waals surface area (Å²) in [5.74, 6) is 0.253. The van der Waals surface area contributed by atoms with Crippen molar-refractivity contribution in [3.63, 3.8) is 0 Å². The third kappa shape index (κ3) is 3.83. The fourth-order valence-corrected chi connectivity index (χ4v) is 3.11. The van der Waals surface area contributed by atoms with E-state index in [1.54, 1.807) is 48.5 Å². The topological polar surface area (TPSA) is 55.8 Å². The lowest BCUT2D eigenvalue weighted by Crippen LogP contribution is -2.31. The highest BCUT2D eigenvalue weighted by Gasteiger charge is 2.39. The summed E-state index contributed by atoms with van der Waals surface area (Å²) in [5.41, 5.74) is 1.17. The number of hydrogen-bond acceptors (Lipinski definition) is 4. The summed E-state index contributed by atoms with van der Waals surface area (Å²) in [6, 6.07) is 13.8. The largest absolute Gasteiger partial charge is 0.494 e. The molecular weight excluding hydrogens is 366 g/mol. The van der Waals surface area contributed by atoms with Crippen molar-refractivity contribution in [2.75, 3.05) is 11.5 Å². The summed E-state index contributed by atoms with van der Waals surface area (Å²) < 4.78 is 11.1. The van der Waals surface area contributed by atoms with Crippen LogP contribution >= 0.6 is 11.6 Å². The first-order valence-electron chi connectivity index (χ1n) is 8.71. The summed E-state index contributed by atoms with van der Waals surface area (Å²) in [5, 5.41) is -0.0978. The van der Waals surface area contributed by atoms with E-state index in [1.807, 2.05) is 20.8 Å². The maximum absolute atomic E-state index is 12.9. The fourth-order valence-electron chi connectivity index (χ4n) is 2.84. The van der Waals surface area contributed by atoms with Crippen LogP contribution < -0.4 is 14.4 Å². The molecule has 1 aliphatic rings. The van der Waals surface area contributed by atoms with Crippen LogP contribution in [0.3, 0.4) is 0 Å². The average molecular weight is 386 g/mol. The molecule has 1 aliphatic heterocycles. The molecule has 0 spiro atoms. The lowest BCUT2D eigenvalue weighted by Gasteiger charge is -2.16. The first-order valence-corrected chi connectivity index (χ1v) is 9.08. The number of halogens is 1. The maximum Gasteiger partial charge on any atom is 0.277 e. The molecule has 0 bridgehead atoms. The SMILES string of the molecule is CCOc1cccc(N2C(=O)C(Cl)=C(c3ccc(OC(C)C)cc3)C2=O)c1. The first kappa shape index (κ1) is 19.0. The number of amides is 2. The Balaban J connectivity index is 1.91. The van der Waals surface area contributed by atoms with Gasteiger partial charge in [-0.25, -0.2) is 4.90 Å². The van der Waals surface area contributed by atoms with Gasteiger partial charge in [-0.15, -0.1) is 0 Å². The standard InChI is InChI=1S/C21H20ClNO4/c1-4-26-17-7-5-6-15(12-17)23-20(24)18(19(22)21(23)25)14-8-10-16(11-9-14)27-13(2)3/h5-13H,4H2,1-3H3. The lowest BCUT2D eigenvalue weighted by molar-refractivity contribution is -0.119. The molecule has 2 aromatic rings. The Morgan fingerprint density at radius 2 is 1.70 bits per heavy atom. The number of ether oxygens (including phenoxy) is 2. The lowest BCUT2D eigenvalue weighted by atomic mass is 10.1. The molecule has 0 aromatic heterocycles. The Morgan fingerprint density at radius 1 is 1.00 bits per heavy atom. The molecule has 0 unspecified atom stereocenters. The van der Waals surface area contributed by atoms with E-state index < -0.39 is 11.8 Å². The summed E-state index contributed by atoms with van der Waals surface area (Å²) in [4.78, 5) is 26.6. The zero-order chi connectivity index (χ0) is 19.6. The number of anilines is 1. The summed E-state index contributed by atoms with van der Waals surface area (Å²) in [6.45, 7) is 6.21. The Kier molecular flexibility index (Phi) is 5.51. The molecule has 3 rings (SSSR count). The second-order valence-electron chi connectivity index (χ2n) is 6.26. The zero-order valence-electron chi connectivity index (χ0n) is 15.4. The molecule has 0 radical (unpaired) electrons. The summed E-state index contributed by atoms with van der Waals surface area (Å²) in [6.07, 6.45) is 0.0430. The van der Waals surface area contributed by atoms with Crippen LogP contribution in [-0.4, -0.2) is 24.5 Å². The highest BCUT2D eigenvalue weighted by atomic mass is 35.5. The van der Waals surface area contributed by atoms with Crippen molar-refractivity contribution in [1.29, 1.82) is 0 Å². The molecule has 0 saturated carbocycles. The molecule has 2 aromatic carbocycles. The maximum atomic E-state index is 12.9. The van der Waals surface area contributed by atoms with Gasteiger partial charge >= 0.3 is 0 Å². The van der Waals surface area contributed by atoms with Gasteiger partial charge in [-0.2, -0.15) is 0 Å². The van der Waals surface area contributed by atoms with E-state index in [-0.39, 0.29) is 16.7 Å². The number of carbonyl (C=O) groups is 2. The van der Waals surface area contributed by atoms with Crippen LogP contribution in [0.2, 0.25) is 0 Å². The van der Waals surface area contributed by atoms with Crippen LogP contribution in [0.15, 0.2) is 53.6 Å². The molecule has 6 heteroatoms. The van der Waals surface area contributed by atoms with Crippen molar-refractivity contribution in [3.8, 4) is 11.5 Å². The quantitative estimate of drug-likeness (QED) is 0.692. The minimum Gasteiger partial charge on any atom is -0.494 e. The molecule has 1 heterocycles. The van der Waals surface area contributed by atoms with Gasteiger partial charge in [0.25, 0.3) is 11.8 Å². The second kappa shape index (κ2) is 7.84. The van der Waals surface area contributed by atoms with Crippen molar-refractivity contribution in [1.82, 2.24) is 0 Å². The van der Waals surface area contributed by atoms with Gasteiger partial charge in [0.2, 0.25) is 0 Å². The molecule has 27 heavy (non-hydrogen) atoms. The van der Waals surface area contributed by atoms with E-state index in [4.69, 9.17) is 21.1 Å². The van der Waals surface area contributed by atoms with E-state index >= 15 is 0 Å². The van der Waals surface area contributed by atoms with E-state index in [2.05, 4.69) is 0 Å². The molecule has 0 fully saturated rings. The van der Waals surface area contributed by atoms with Gasteiger partial charge < -0.3 is 9.47 Å². The third-order valence-electron chi connectivity index (χ3n) is 3.93. The third-order valence-corrected chi connectivity index (χ3v) is 4.28. The van der Waals surface area contributed by atoms with Crippen molar-refractivity contribution < 1.29 is 19.1 Å². The van der Waals surface area contributed by atoms with Crippen LogP contribution in [0.25, 0.3) is 5.57 Å². The Bertz CT molecular complexity index is 903. The van der Waals surface area contributed by atoms with E-state index in [9.17, 15) is 9.59 Å². The molecule has 140 valence electrons. The molecule has 2 amide bonds. The van der Waals surface area contributed by atoms with Crippen molar-refractivity contribution in [2.45, 2.75) is 26.9 Å². The molecule has 0 aliphatic carbocycles. The van der Waals surface area contributed by atoms with Gasteiger partial charge in [0.05, 0.1) is 24.0 Å². The van der Waals surface area contributed by atoms with Crippen LogP contribution in [-0.2, 0) is 9.59 Å². The summed E-state index contributed by atoms with van der Waals surface area (Å²) >= 11 is 6.23. The minimum atomic E-state index is -0.548. The normalized spacial score (nSPS) is 14.3. The number of nitrogens with zero attached hydrogens (tertiary/aromatic N) is 1. The fraction of sp³-hybridized carbons (Fsp3) is 0.238. The van der Waals surface area contributed by atoms with Gasteiger partial charge in [0.15, 0.2) is 0 Å². The highest BCUT2D eigenvalue weighted by molar-refractivity contribution is 6.60.